The van der Waals surface area contributed by atoms with Gasteiger partial charge in [-0.25, -0.2) is 0 Å². The van der Waals surface area contributed by atoms with Gasteiger partial charge < -0.3 is 9.47 Å². The van der Waals surface area contributed by atoms with Crippen LogP contribution in [0.4, 0.5) is 0 Å². The summed E-state index contributed by atoms with van der Waals surface area (Å²) in [4.78, 5) is 16.1. The molecule has 0 aliphatic carbocycles. The molecule has 1 amide bonds. The highest BCUT2D eigenvalue weighted by atomic mass is 32.2. The van der Waals surface area contributed by atoms with Crippen LogP contribution < -0.4 is 0 Å². The van der Waals surface area contributed by atoms with Crippen molar-refractivity contribution < 1.29 is 4.79 Å². The molecule has 0 unspecified atom stereocenters. The molecule has 0 spiro atoms. The topological polar surface area (TPSA) is 51.0 Å². The second-order valence-electron chi connectivity index (χ2n) is 7.28. The Labute approximate surface area is 159 Å². The van der Waals surface area contributed by atoms with Gasteiger partial charge in [0.1, 0.15) is 5.82 Å². The average molecular weight is 371 g/mol. The molecule has 0 N–H and O–H groups in total. The van der Waals surface area contributed by atoms with Crippen molar-refractivity contribution in [1.82, 2.24) is 19.7 Å². The Bertz CT molecular complexity index is 771. The third-order valence-corrected chi connectivity index (χ3v) is 6.39. The number of fused-ring (bicyclic) bond motifs is 1. The van der Waals surface area contributed by atoms with Gasteiger partial charge in [-0.3, -0.25) is 4.79 Å². The zero-order valence-electron chi connectivity index (χ0n) is 15.4. The third kappa shape index (κ3) is 3.65. The lowest BCUT2D eigenvalue weighted by atomic mass is 10.2. The van der Waals surface area contributed by atoms with Gasteiger partial charge in [-0.05, 0) is 44.7 Å². The lowest BCUT2D eigenvalue weighted by molar-refractivity contribution is -0.129. The zero-order chi connectivity index (χ0) is 17.9. The molecule has 2 aliphatic rings. The molecule has 3 heterocycles. The number of likely N-dealkylation sites (tertiary alicyclic amines) is 1. The Kier molecular flexibility index (Phi) is 5.29. The van der Waals surface area contributed by atoms with Crippen molar-refractivity contribution in [3.05, 3.63) is 41.5 Å². The second kappa shape index (κ2) is 7.82. The van der Waals surface area contributed by atoms with Crippen LogP contribution in [-0.4, -0.2) is 37.9 Å². The van der Waals surface area contributed by atoms with Gasteiger partial charge in [0.2, 0.25) is 5.91 Å². The van der Waals surface area contributed by atoms with Crippen LogP contribution >= 0.6 is 11.8 Å². The van der Waals surface area contributed by atoms with Gasteiger partial charge >= 0.3 is 0 Å². The van der Waals surface area contributed by atoms with E-state index in [0.717, 1.165) is 48.9 Å². The number of thioether (sulfide) groups is 1. The predicted molar refractivity (Wildman–Crippen MR) is 103 cm³/mol. The van der Waals surface area contributed by atoms with Crippen LogP contribution in [0.3, 0.4) is 0 Å². The molecule has 26 heavy (non-hydrogen) atoms. The first-order valence-corrected chi connectivity index (χ1v) is 10.6. The van der Waals surface area contributed by atoms with Gasteiger partial charge in [0.25, 0.3) is 0 Å². The molecule has 0 radical (unpaired) electrons. The predicted octanol–water partition coefficient (Wildman–Crippen LogP) is 3.77. The lowest BCUT2D eigenvalue weighted by Crippen LogP contribution is -2.33. The molecule has 5 nitrogen and oxygen atoms in total. The van der Waals surface area contributed by atoms with Crippen molar-refractivity contribution in [2.24, 2.45) is 0 Å². The molecule has 6 heteroatoms. The number of carbonyl (C=O) groups is 1. The lowest BCUT2D eigenvalue weighted by Gasteiger charge is -2.24. The van der Waals surface area contributed by atoms with E-state index in [1.807, 2.05) is 4.90 Å². The standard InChI is InChI=1S/C20H26N4OS/c1-15-8-10-16(11-9-15)26-14-19(25)23-13-5-6-17(23)20-22-21-18-7-3-2-4-12-24(18)20/h8-11,17H,2-7,12-14H2,1H3/t17-/m1/s1. The number of aromatic nitrogens is 3. The van der Waals surface area contributed by atoms with E-state index in [1.54, 1.807) is 11.8 Å². The van der Waals surface area contributed by atoms with Crippen LogP contribution in [0, 0.1) is 6.92 Å². The van der Waals surface area contributed by atoms with E-state index >= 15 is 0 Å². The minimum Gasteiger partial charge on any atom is -0.332 e. The summed E-state index contributed by atoms with van der Waals surface area (Å²) in [6.07, 6.45) is 6.69. The van der Waals surface area contributed by atoms with Gasteiger partial charge in [0, 0.05) is 24.4 Å². The summed E-state index contributed by atoms with van der Waals surface area (Å²) in [6, 6.07) is 8.47. The maximum absolute atomic E-state index is 12.9. The Balaban J connectivity index is 1.45. The Morgan fingerprint density at radius 1 is 1.12 bits per heavy atom. The molecule has 1 saturated heterocycles. The summed E-state index contributed by atoms with van der Waals surface area (Å²) >= 11 is 1.62. The fraction of sp³-hybridized carbons (Fsp3) is 0.550. The smallest absolute Gasteiger partial charge is 0.233 e. The van der Waals surface area contributed by atoms with Crippen molar-refractivity contribution >= 4 is 17.7 Å². The number of aryl methyl sites for hydroxylation is 2. The highest BCUT2D eigenvalue weighted by molar-refractivity contribution is 8.00. The molecule has 1 aromatic carbocycles. The number of rotatable bonds is 4. The fourth-order valence-electron chi connectivity index (χ4n) is 3.95. The summed E-state index contributed by atoms with van der Waals surface area (Å²) in [6.45, 7) is 3.91. The van der Waals surface area contributed by atoms with Crippen molar-refractivity contribution in [2.75, 3.05) is 12.3 Å². The highest BCUT2D eigenvalue weighted by Crippen LogP contribution is 2.33. The summed E-state index contributed by atoms with van der Waals surface area (Å²) in [5, 5.41) is 8.92. The number of hydrogen-bond donors (Lipinski definition) is 0. The number of benzene rings is 1. The monoisotopic (exact) mass is 370 g/mol. The van der Waals surface area contributed by atoms with Crippen LogP contribution in [0.5, 0.6) is 0 Å². The first-order chi connectivity index (χ1) is 12.7. The van der Waals surface area contributed by atoms with Crippen molar-refractivity contribution in [3.8, 4) is 0 Å². The molecule has 1 aromatic heterocycles. The highest BCUT2D eigenvalue weighted by Gasteiger charge is 2.34. The molecule has 0 saturated carbocycles. The first kappa shape index (κ1) is 17.6. The van der Waals surface area contributed by atoms with E-state index in [0.29, 0.717) is 5.75 Å². The molecular weight excluding hydrogens is 344 g/mol. The average Bonchev–Trinajstić information content (AvgIpc) is 3.22. The van der Waals surface area contributed by atoms with Crippen LogP contribution in [0.2, 0.25) is 0 Å². The summed E-state index contributed by atoms with van der Waals surface area (Å²) in [7, 11) is 0. The van der Waals surface area contributed by atoms with E-state index < -0.39 is 0 Å². The molecule has 1 atom stereocenters. The Morgan fingerprint density at radius 3 is 2.81 bits per heavy atom. The van der Waals surface area contributed by atoms with Gasteiger partial charge in [-0.1, -0.05) is 24.1 Å². The zero-order valence-corrected chi connectivity index (χ0v) is 16.2. The minimum atomic E-state index is 0.0977. The van der Waals surface area contributed by atoms with E-state index in [1.165, 1.54) is 24.8 Å². The molecule has 2 aliphatic heterocycles. The van der Waals surface area contributed by atoms with E-state index in [2.05, 4.69) is 46.0 Å². The number of nitrogens with zero attached hydrogens (tertiary/aromatic N) is 4. The number of carbonyl (C=O) groups excluding carboxylic acids is 1. The number of amides is 1. The molecule has 1 fully saturated rings. The molecule has 0 bridgehead atoms. The Hall–Kier alpha value is -1.82. The van der Waals surface area contributed by atoms with Crippen molar-refractivity contribution in [3.63, 3.8) is 0 Å². The van der Waals surface area contributed by atoms with Gasteiger partial charge in [-0.15, -0.1) is 22.0 Å². The van der Waals surface area contributed by atoms with Gasteiger partial charge in [0.15, 0.2) is 5.82 Å². The maximum atomic E-state index is 12.9. The third-order valence-electron chi connectivity index (χ3n) is 5.39. The van der Waals surface area contributed by atoms with Crippen molar-refractivity contribution in [2.45, 2.75) is 62.9 Å². The van der Waals surface area contributed by atoms with Crippen molar-refractivity contribution in [1.29, 1.82) is 0 Å². The largest absolute Gasteiger partial charge is 0.332 e. The fourth-order valence-corrected chi connectivity index (χ4v) is 4.73. The first-order valence-electron chi connectivity index (χ1n) is 9.63. The summed E-state index contributed by atoms with van der Waals surface area (Å²) in [5.41, 5.74) is 1.24. The van der Waals surface area contributed by atoms with Gasteiger partial charge in [0.05, 0.1) is 11.8 Å². The van der Waals surface area contributed by atoms with Gasteiger partial charge in [-0.2, -0.15) is 0 Å². The van der Waals surface area contributed by atoms with Crippen LogP contribution in [0.25, 0.3) is 0 Å². The number of hydrogen-bond acceptors (Lipinski definition) is 4. The van der Waals surface area contributed by atoms with Crippen LogP contribution in [0.1, 0.15) is 55.4 Å². The van der Waals surface area contributed by atoms with E-state index in [-0.39, 0.29) is 11.9 Å². The maximum Gasteiger partial charge on any atom is 0.233 e. The molecular formula is C20H26N4OS. The normalized spacial score (nSPS) is 20.0. The van der Waals surface area contributed by atoms with Crippen LogP contribution in [-0.2, 0) is 17.8 Å². The van der Waals surface area contributed by atoms with E-state index in [4.69, 9.17) is 0 Å². The summed E-state index contributed by atoms with van der Waals surface area (Å²) < 4.78 is 2.29. The SMILES string of the molecule is Cc1ccc(SCC(=O)N2CCC[C@@H]2c2nnc3n2CCCCC3)cc1. The van der Waals surface area contributed by atoms with Crippen LogP contribution in [0.15, 0.2) is 29.2 Å². The quantitative estimate of drug-likeness (QED) is 0.769. The molecule has 138 valence electrons. The molecule has 2 aromatic rings. The Morgan fingerprint density at radius 2 is 1.96 bits per heavy atom. The molecule has 4 rings (SSSR count). The minimum absolute atomic E-state index is 0.0977. The summed E-state index contributed by atoms with van der Waals surface area (Å²) in [5.74, 6) is 2.81. The second-order valence-corrected chi connectivity index (χ2v) is 8.33. The van der Waals surface area contributed by atoms with E-state index in [9.17, 15) is 4.79 Å².